The average molecular weight is 235 g/mol. The Bertz CT molecular complexity index is 242. The molecule has 1 aromatic carbocycles. The van der Waals surface area contributed by atoms with Gasteiger partial charge in [-0.1, -0.05) is 22.0 Å². The zero-order valence-corrected chi connectivity index (χ0v) is 8.47. The molecule has 0 saturated heterocycles. The topological polar surface area (TPSA) is 29.5 Å². The van der Waals surface area contributed by atoms with E-state index in [0.717, 1.165) is 9.78 Å². The Morgan fingerprint density at radius 3 is 2.82 bits per heavy atom. The largest absolute Gasteiger partial charge is 0.346 e. The van der Waals surface area contributed by atoms with Gasteiger partial charge in [-0.3, -0.25) is 0 Å². The Morgan fingerprint density at radius 2 is 2.27 bits per heavy atom. The van der Waals surface area contributed by atoms with E-state index in [0.29, 0.717) is 0 Å². The third-order valence-corrected chi connectivity index (χ3v) is 2.76. The molecule has 1 aromatic rings. The lowest BCUT2D eigenvalue weighted by atomic mass is 10.4. The van der Waals surface area contributed by atoms with Gasteiger partial charge in [-0.05, 0) is 18.2 Å². The minimum absolute atomic E-state index is 0.817. The first-order valence-corrected chi connectivity index (χ1v) is 5.03. The number of hydrogen-bond acceptors (Lipinski definition) is 2. The minimum Gasteiger partial charge on any atom is -0.346 e. The summed E-state index contributed by atoms with van der Waals surface area (Å²) >= 11 is 3.30. The molecule has 0 spiro atoms. The van der Waals surface area contributed by atoms with Crippen molar-refractivity contribution in [3.05, 3.63) is 28.7 Å². The highest BCUT2D eigenvalue weighted by atomic mass is 79.9. The first-order valence-electron chi connectivity index (χ1n) is 3.02. The van der Waals surface area contributed by atoms with Crippen LogP contribution in [0.5, 0.6) is 0 Å². The first kappa shape index (κ1) is 9.14. The molecule has 0 bridgehead atoms. The standard InChI is InChI=1S/C7H8BrO2P/c1-10-11(9)7-4-2-3-6(8)5-7/h2-5,9H,1H3. The van der Waals surface area contributed by atoms with Gasteiger partial charge in [0.05, 0.1) is 0 Å². The third kappa shape index (κ3) is 2.53. The summed E-state index contributed by atoms with van der Waals surface area (Å²) in [6.45, 7) is 0. The van der Waals surface area contributed by atoms with Crippen LogP contribution >= 0.6 is 24.3 Å². The van der Waals surface area contributed by atoms with E-state index in [4.69, 9.17) is 4.52 Å². The molecule has 0 fully saturated rings. The van der Waals surface area contributed by atoms with Gasteiger partial charge in [-0.15, -0.1) is 0 Å². The lowest BCUT2D eigenvalue weighted by Crippen LogP contribution is -1.99. The monoisotopic (exact) mass is 234 g/mol. The van der Waals surface area contributed by atoms with Gasteiger partial charge in [0.1, 0.15) is 0 Å². The molecule has 1 N–H and O–H groups in total. The second kappa shape index (κ2) is 4.17. The molecule has 11 heavy (non-hydrogen) atoms. The first-order chi connectivity index (χ1) is 5.24. The van der Waals surface area contributed by atoms with Gasteiger partial charge in [0.15, 0.2) is 0 Å². The summed E-state index contributed by atoms with van der Waals surface area (Å²) < 4.78 is 5.74. The van der Waals surface area contributed by atoms with E-state index in [2.05, 4.69) is 15.9 Å². The Balaban J connectivity index is 2.86. The molecule has 0 aliphatic carbocycles. The van der Waals surface area contributed by atoms with Gasteiger partial charge in [0.2, 0.25) is 8.38 Å². The van der Waals surface area contributed by atoms with E-state index in [1.165, 1.54) is 7.11 Å². The fourth-order valence-corrected chi connectivity index (χ4v) is 1.95. The predicted octanol–water partition coefficient (Wildman–Crippen LogP) is 2.02. The zero-order chi connectivity index (χ0) is 8.27. The van der Waals surface area contributed by atoms with Crippen LogP contribution in [0.15, 0.2) is 28.7 Å². The molecule has 1 rings (SSSR count). The summed E-state index contributed by atoms with van der Waals surface area (Å²) in [4.78, 5) is 9.28. The number of rotatable bonds is 2. The fourth-order valence-electron chi connectivity index (χ4n) is 0.701. The average Bonchev–Trinajstić information content (AvgIpc) is 2.03. The summed E-state index contributed by atoms with van der Waals surface area (Å²) in [6, 6.07) is 7.45. The predicted molar refractivity (Wildman–Crippen MR) is 49.9 cm³/mol. The van der Waals surface area contributed by atoms with E-state index in [9.17, 15) is 4.89 Å². The zero-order valence-electron chi connectivity index (χ0n) is 5.99. The lowest BCUT2D eigenvalue weighted by molar-refractivity contribution is 0.400. The van der Waals surface area contributed by atoms with Crippen LogP contribution in [0.2, 0.25) is 0 Å². The number of benzene rings is 1. The molecule has 0 heterocycles. The highest BCUT2D eigenvalue weighted by Gasteiger charge is 2.05. The minimum atomic E-state index is -1.42. The van der Waals surface area contributed by atoms with E-state index < -0.39 is 8.38 Å². The van der Waals surface area contributed by atoms with Crippen LogP contribution in [0.4, 0.5) is 0 Å². The van der Waals surface area contributed by atoms with Crippen molar-refractivity contribution in [3.63, 3.8) is 0 Å². The van der Waals surface area contributed by atoms with Crippen molar-refractivity contribution in [3.8, 4) is 0 Å². The molecule has 2 nitrogen and oxygen atoms in total. The Hall–Kier alpha value is 0.0500. The second-order valence-electron chi connectivity index (χ2n) is 1.94. The maximum atomic E-state index is 9.28. The fraction of sp³-hybridized carbons (Fsp3) is 0.143. The van der Waals surface area contributed by atoms with E-state index in [1.54, 1.807) is 0 Å². The third-order valence-electron chi connectivity index (χ3n) is 1.20. The summed E-state index contributed by atoms with van der Waals surface area (Å²) in [5.74, 6) is 0. The van der Waals surface area contributed by atoms with Crippen molar-refractivity contribution in [2.75, 3.05) is 7.11 Å². The van der Waals surface area contributed by atoms with Gasteiger partial charge < -0.3 is 9.42 Å². The molecular weight excluding hydrogens is 227 g/mol. The number of hydrogen-bond donors (Lipinski definition) is 1. The molecular formula is C7H8BrO2P. The van der Waals surface area contributed by atoms with Gasteiger partial charge >= 0.3 is 0 Å². The van der Waals surface area contributed by atoms with Gasteiger partial charge in [-0.2, -0.15) is 0 Å². The summed E-state index contributed by atoms with van der Waals surface area (Å²) in [5.41, 5.74) is 0. The molecule has 0 saturated carbocycles. The van der Waals surface area contributed by atoms with Gasteiger partial charge in [0.25, 0.3) is 0 Å². The van der Waals surface area contributed by atoms with Crippen molar-refractivity contribution >= 4 is 29.6 Å². The quantitative estimate of drug-likeness (QED) is 0.794. The molecule has 1 unspecified atom stereocenters. The Morgan fingerprint density at radius 1 is 1.55 bits per heavy atom. The van der Waals surface area contributed by atoms with Crippen molar-refractivity contribution in [1.82, 2.24) is 0 Å². The van der Waals surface area contributed by atoms with Crippen LogP contribution in [0, 0.1) is 0 Å². The molecule has 1 atom stereocenters. The van der Waals surface area contributed by atoms with Crippen LogP contribution in [0.3, 0.4) is 0 Å². The van der Waals surface area contributed by atoms with Crippen LogP contribution < -0.4 is 5.30 Å². The van der Waals surface area contributed by atoms with E-state index >= 15 is 0 Å². The smallest absolute Gasteiger partial charge is 0.202 e. The molecule has 0 amide bonds. The van der Waals surface area contributed by atoms with Crippen molar-refractivity contribution < 1.29 is 9.42 Å². The molecule has 60 valence electrons. The van der Waals surface area contributed by atoms with Crippen LogP contribution in [-0.4, -0.2) is 12.0 Å². The Labute approximate surface area is 75.2 Å². The van der Waals surface area contributed by atoms with Crippen LogP contribution in [-0.2, 0) is 4.52 Å². The molecule has 0 radical (unpaired) electrons. The maximum Gasteiger partial charge on any atom is 0.202 e. The highest BCUT2D eigenvalue weighted by Crippen LogP contribution is 2.29. The lowest BCUT2D eigenvalue weighted by Gasteiger charge is -2.06. The van der Waals surface area contributed by atoms with Gasteiger partial charge in [0, 0.05) is 16.9 Å². The van der Waals surface area contributed by atoms with Crippen molar-refractivity contribution in [2.45, 2.75) is 0 Å². The van der Waals surface area contributed by atoms with Crippen molar-refractivity contribution in [1.29, 1.82) is 0 Å². The molecule has 0 aliphatic heterocycles. The second-order valence-corrected chi connectivity index (χ2v) is 4.28. The highest BCUT2D eigenvalue weighted by molar-refractivity contribution is 9.10. The summed E-state index contributed by atoms with van der Waals surface area (Å²) in [5, 5.41) is 0.817. The van der Waals surface area contributed by atoms with Crippen LogP contribution in [0.1, 0.15) is 0 Å². The van der Waals surface area contributed by atoms with E-state index in [1.807, 2.05) is 24.3 Å². The van der Waals surface area contributed by atoms with Gasteiger partial charge in [-0.25, -0.2) is 0 Å². The SMILES string of the molecule is COP(O)c1cccc(Br)c1. The van der Waals surface area contributed by atoms with Crippen LogP contribution in [0.25, 0.3) is 0 Å². The Kier molecular flexibility index (Phi) is 3.46. The maximum absolute atomic E-state index is 9.28. The molecule has 0 aliphatic rings. The molecule has 4 heteroatoms. The van der Waals surface area contributed by atoms with E-state index in [-0.39, 0.29) is 0 Å². The molecule has 0 aromatic heterocycles. The normalized spacial score (nSPS) is 13.0. The summed E-state index contributed by atoms with van der Waals surface area (Å²) in [6.07, 6.45) is 0. The summed E-state index contributed by atoms with van der Waals surface area (Å²) in [7, 11) is 0.0730. The van der Waals surface area contributed by atoms with Crippen molar-refractivity contribution in [2.24, 2.45) is 0 Å². The number of halogens is 1.